The average Bonchev–Trinajstić information content (AvgIpc) is 2.97. The number of para-hydroxylation sites is 2. The number of anilines is 1. The van der Waals surface area contributed by atoms with Crippen molar-refractivity contribution in [2.75, 3.05) is 12.4 Å². The van der Waals surface area contributed by atoms with Crippen molar-refractivity contribution < 1.29 is 9.53 Å². The smallest absolute Gasteiger partial charge is 0.287 e. The Hall–Kier alpha value is -3.60. The van der Waals surface area contributed by atoms with E-state index in [0.717, 1.165) is 27.5 Å². The molecule has 5 heteroatoms. The number of amides is 1. The van der Waals surface area contributed by atoms with Crippen LogP contribution in [0, 0.1) is 0 Å². The molecule has 1 aromatic heterocycles. The highest BCUT2D eigenvalue weighted by Crippen LogP contribution is 2.28. The molecule has 1 atom stereocenters. The minimum Gasteiger partial charge on any atom is -0.481 e. The van der Waals surface area contributed by atoms with Gasteiger partial charge in [0.25, 0.3) is 5.91 Å². The highest BCUT2D eigenvalue weighted by atomic mass is 16.5. The van der Waals surface area contributed by atoms with Crippen molar-refractivity contribution >= 4 is 33.4 Å². The van der Waals surface area contributed by atoms with Gasteiger partial charge in [0.1, 0.15) is 5.75 Å². The van der Waals surface area contributed by atoms with Crippen LogP contribution in [0.3, 0.4) is 0 Å². The van der Waals surface area contributed by atoms with E-state index in [1.165, 1.54) is 0 Å². The zero-order chi connectivity index (χ0) is 20.2. The molecule has 3 aromatic carbocycles. The Morgan fingerprint density at radius 3 is 2.55 bits per heavy atom. The van der Waals surface area contributed by atoms with Gasteiger partial charge in [0, 0.05) is 23.3 Å². The summed E-state index contributed by atoms with van der Waals surface area (Å²) in [5.41, 5.74) is 2.99. The summed E-state index contributed by atoms with van der Waals surface area (Å²) >= 11 is 0. The van der Waals surface area contributed by atoms with Gasteiger partial charge in [-0.2, -0.15) is 0 Å². The van der Waals surface area contributed by atoms with Gasteiger partial charge in [0.05, 0.1) is 16.6 Å². The summed E-state index contributed by atoms with van der Waals surface area (Å²) in [4.78, 5) is 20.5. The number of hydrogen-bond donors (Lipinski definition) is 2. The second-order valence-electron chi connectivity index (χ2n) is 6.80. The molecule has 4 rings (SSSR count). The van der Waals surface area contributed by atoms with E-state index >= 15 is 0 Å². The van der Waals surface area contributed by atoms with Crippen molar-refractivity contribution in [2.24, 2.45) is 4.99 Å². The lowest BCUT2D eigenvalue weighted by Gasteiger charge is -2.13. The first-order valence-electron chi connectivity index (χ1n) is 9.72. The van der Waals surface area contributed by atoms with Crippen LogP contribution in [0.2, 0.25) is 0 Å². The summed E-state index contributed by atoms with van der Waals surface area (Å²) < 4.78 is 5.83. The van der Waals surface area contributed by atoms with Crippen LogP contribution in [0.1, 0.15) is 13.3 Å². The molecule has 0 radical (unpaired) electrons. The van der Waals surface area contributed by atoms with Crippen molar-refractivity contribution in [3.05, 3.63) is 78.2 Å². The molecule has 0 fully saturated rings. The molecule has 1 heterocycles. The first kappa shape index (κ1) is 18.7. The van der Waals surface area contributed by atoms with Gasteiger partial charge >= 0.3 is 0 Å². The number of H-pyrrole nitrogens is 1. The van der Waals surface area contributed by atoms with Crippen molar-refractivity contribution in [2.45, 2.75) is 19.4 Å². The number of rotatable bonds is 5. The highest BCUT2D eigenvalue weighted by molar-refractivity contribution is 6.10. The van der Waals surface area contributed by atoms with Crippen LogP contribution >= 0.6 is 0 Å². The van der Waals surface area contributed by atoms with E-state index in [4.69, 9.17) is 4.74 Å². The number of benzene rings is 2. The highest BCUT2D eigenvalue weighted by Gasteiger charge is 2.17. The molecule has 0 aliphatic rings. The van der Waals surface area contributed by atoms with Crippen LogP contribution in [-0.4, -0.2) is 24.0 Å². The molecule has 4 aromatic rings. The van der Waals surface area contributed by atoms with Crippen molar-refractivity contribution in [1.29, 1.82) is 0 Å². The summed E-state index contributed by atoms with van der Waals surface area (Å²) in [7, 11) is 1.90. The lowest BCUT2D eigenvalue weighted by molar-refractivity contribution is -0.124. The van der Waals surface area contributed by atoms with Crippen molar-refractivity contribution in [3.8, 4) is 5.75 Å². The number of carbonyl (C=O) groups is 1. The number of hydrogen-bond acceptors (Lipinski definition) is 3. The molecule has 29 heavy (non-hydrogen) atoms. The molecular weight excluding hydrogens is 362 g/mol. The molecule has 0 saturated carbocycles. The third kappa shape index (κ3) is 3.85. The first-order chi connectivity index (χ1) is 14.2. The van der Waals surface area contributed by atoms with Gasteiger partial charge in [-0.15, -0.1) is 0 Å². The quantitative estimate of drug-likeness (QED) is 0.526. The number of aromatic nitrogens is 1. The molecular formula is C24H23N3O2. The van der Waals surface area contributed by atoms with Crippen molar-refractivity contribution in [3.63, 3.8) is 0 Å². The van der Waals surface area contributed by atoms with E-state index in [2.05, 4.69) is 21.4 Å². The van der Waals surface area contributed by atoms with Gasteiger partial charge in [0.2, 0.25) is 0 Å². The van der Waals surface area contributed by atoms with Crippen LogP contribution in [0.5, 0.6) is 5.75 Å². The van der Waals surface area contributed by atoms with Crippen LogP contribution in [-0.2, 0) is 4.79 Å². The number of nitrogens with zero attached hydrogens (tertiary/aromatic N) is 1. The number of nitrogens with one attached hydrogen (secondary N) is 2. The Kier molecular flexibility index (Phi) is 5.29. The molecule has 0 saturated heterocycles. The first-order valence-corrected chi connectivity index (χ1v) is 9.72. The Labute approximate surface area is 169 Å². The Bertz CT molecular complexity index is 1230. The fraction of sp³-hybridized carbons (Fsp3) is 0.167. The zero-order valence-corrected chi connectivity index (χ0v) is 16.5. The van der Waals surface area contributed by atoms with Crippen LogP contribution < -0.4 is 15.4 Å². The fourth-order valence-electron chi connectivity index (χ4n) is 3.44. The van der Waals surface area contributed by atoms with Gasteiger partial charge in [-0.25, -0.2) is 4.99 Å². The third-order valence-electron chi connectivity index (χ3n) is 4.90. The normalized spacial score (nSPS) is 12.8. The maximum Gasteiger partial charge on any atom is 0.287 e. The van der Waals surface area contributed by atoms with Gasteiger partial charge in [0.15, 0.2) is 6.10 Å². The second-order valence-corrected chi connectivity index (χ2v) is 6.80. The summed E-state index contributed by atoms with van der Waals surface area (Å²) in [5.74, 6) is 0.377. The van der Waals surface area contributed by atoms with Gasteiger partial charge < -0.3 is 15.0 Å². The Morgan fingerprint density at radius 1 is 1.03 bits per heavy atom. The largest absolute Gasteiger partial charge is 0.481 e. The standard InChI is InChI=1S/C24H23N3O2/c1-3-22(29-17-10-5-4-6-11-17)24(28)26-16-9-7-12-18-19-13-8-14-20(25-2)23(19)27-21(18)15-16/h4-15,22,25,27H,3H2,1-2H3. The predicted molar refractivity (Wildman–Crippen MR) is 117 cm³/mol. The lowest BCUT2D eigenvalue weighted by atomic mass is 10.2. The minimum absolute atomic E-state index is 0.289. The van der Waals surface area contributed by atoms with E-state index in [1.54, 1.807) is 0 Å². The fourth-order valence-corrected chi connectivity index (χ4v) is 3.44. The van der Waals surface area contributed by atoms with E-state index in [-0.39, 0.29) is 5.91 Å². The van der Waals surface area contributed by atoms with Crippen LogP contribution in [0.25, 0.3) is 21.8 Å². The molecule has 2 N–H and O–H groups in total. The maximum absolute atomic E-state index is 12.7. The van der Waals surface area contributed by atoms with Crippen molar-refractivity contribution in [1.82, 2.24) is 4.98 Å². The van der Waals surface area contributed by atoms with E-state index in [9.17, 15) is 4.79 Å². The lowest BCUT2D eigenvalue weighted by Crippen LogP contribution is -2.26. The number of fused-ring (bicyclic) bond motifs is 3. The predicted octanol–water partition coefficient (Wildman–Crippen LogP) is 4.65. The Morgan fingerprint density at radius 2 is 1.79 bits per heavy atom. The number of carbonyl (C=O) groups excluding carboxylic acids is 1. The summed E-state index contributed by atoms with van der Waals surface area (Å²) in [6.07, 6.45) is -0.0687. The van der Waals surface area contributed by atoms with E-state index < -0.39 is 6.10 Å². The van der Waals surface area contributed by atoms with E-state index in [1.807, 2.05) is 80.7 Å². The van der Waals surface area contributed by atoms with E-state index in [0.29, 0.717) is 17.5 Å². The molecule has 146 valence electrons. The number of ether oxygens (including phenoxy) is 1. The maximum atomic E-state index is 12.7. The summed E-state index contributed by atoms with van der Waals surface area (Å²) in [6.45, 7) is 1.92. The minimum atomic E-state index is -0.614. The second kappa shape index (κ2) is 8.19. The van der Waals surface area contributed by atoms with Crippen LogP contribution in [0.15, 0.2) is 77.8 Å². The number of aromatic amines is 1. The summed E-state index contributed by atoms with van der Waals surface area (Å²) in [5, 5.41) is 6.01. The summed E-state index contributed by atoms with van der Waals surface area (Å²) in [6, 6.07) is 23.2. The Balaban J connectivity index is 1.73. The molecule has 0 aliphatic carbocycles. The van der Waals surface area contributed by atoms with Gasteiger partial charge in [-0.1, -0.05) is 49.4 Å². The molecule has 0 aliphatic heterocycles. The molecule has 0 spiro atoms. The molecule has 0 bridgehead atoms. The van der Waals surface area contributed by atoms with Gasteiger partial charge in [-0.05, 0) is 36.8 Å². The third-order valence-corrected chi connectivity index (χ3v) is 4.90. The SMILES string of the molecule is CCC(Oc1ccccc1)C(=O)N=c1cccc2c(c1)[nH]c1c(NC)cccc12. The molecule has 1 unspecified atom stereocenters. The topological polar surface area (TPSA) is 66.5 Å². The monoisotopic (exact) mass is 385 g/mol. The average molecular weight is 385 g/mol. The zero-order valence-electron chi connectivity index (χ0n) is 16.5. The van der Waals surface area contributed by atoms with Gasteiger partial charge in [-0.3, -0.25) is 4.79 Å². The molecule has 1 amide bonds. The molecule has 5 nitrogen and oxygen atoms in total. The van der Waals surface area contributed by atoms with Crippen LogP contribution in [0.4, 0.5) is 5.69 Å².